The summed E-state index contributed by atoms with van der Waals surface area (Å²) in [6.07, 6.45) is 0. The van der Waals surface area contributed by atoms with Gasteiger partial charge in [-0.3, -0.25) is 9.10 Å². The molecule has 0 fully saturated rings. The van der Waals surface area contributed by atoms with Crippen LogP contribution in [0.1, 0.15) is 15.9 Å². The molecular weight excluding hydrogens is 410 g/mol. The van der Waals surface area contributed by atoms with Gasteiger partial charge < -0.3 is 10.2 Å². The summed E-state index contributed by atoms with van der Waals surface area (Å²) < 4.78 is 28.1. The number of hydrogen-bond donors (Lipinski definition) is 1. The van der Waals surface area contributed by atoms with E-state index >= 15 is 0 Å². The average Bonchev–Trinajstić information content (AvgIpc) is 2.78. The summed E-state index contributed by atoms with van der Waals surface area (Å²) in [4.78, 5) is 14.5. The molecular formula is C24H27N3O3S. The Labute approximate surface area is 184 Å². The van der Waals surface area contributed by atoms with E-state index in [2.05, 4.69) is 5.32 Å². The Balaban J connectivity index is 1.82. The Hall–Kier alpha value is -3.16. The molecule has 162 valence electrons. The number of anilines is 1. The van der Waals surface area contributed by atoms with Gasteiger partial charge in [-0.15, -0.1) is 0 Å². The van der Waals surface area contributed by atoms with Crippen LogP contribution in [0.5, 0.6) is 0 Å². The van der Waals surface area contributed by atoms with Crippen molar-refractivity contribution in [3.63, 3.8) is 0 Å². The third-order valence-electron chi connectivity index (χ3n) is 4.76. The van der Waals surface area contributed by atoms with E-state index in [1.54, 1.807) is 66.7 Å². The van der Waals surface area contributed by atoms with E-state index in [0.29, 0.717) is 17.8 Å². The number of amides is 1. The molecule has 31 heavy (non-hydrogen) atoms. The zero-order valence-electron chi connectivity index (χ0n) is 17.7. The third-order valence-corrected chi connectivity index (χ3v) is 6.55. The normalized spacial score (nSPS) is 11.3. The first-order valence-corrected chi connectivity index (χ1v) is 11.5. The first-order valence-electron chi connectivity index (χ1n) is 10.0. The fraction of sp³-hybridized carbons (Fsp3) is 0.208. The maximum Gasteiger partial charge on any atom is 0.264 e. The molecule has 0 unspecified atom stereocenters. The van der Waals surface area contributed by atoms with Gasteiger partial charge in [0.15, 0.2) is 0 Å². The van der Waals surface area contributed by atoms with Gasteiger partial charge in [-0.05, 0) is 56.1 Å². The molecule has 3 aromatic rings. The van der Waals surface area contributed by atoms with E-state index < -0.39 is 10.0 Å². The van der Waals surface area contributed by atoms with Crippen LogP contribution >= 0.6 is 0 Å². The summed E-state index contributed by atoms with van der Waals surface area (Å²) in [7, 11) is 0.145. The van der Waals surface area contributed by atoms with E-state index in [9.17, 15) is 13.2 Å². The molecule has 0 saturated heterocycles. The minimum absolute atomic E-state index is 0.148. The van der Waals surface area contributed by atoms with Gasteiger partial charge in [0, 0.05) is 18.7 Å². The Morgan fingerprint density at radius 2 is 1.42 bits per heavy atom. The maximum absolute atomic E-state index is 13.3. The van der Waals surface area contributed by atoms with Crippen LogP contribution in [0.4, 0.5) is 5.69 Å². The number of sulfonamides is 1. The molecule has 1 amide bonds. The van der Waals surface area contributed by atoms with Gasteiger partial charge in [0.2, 0.25) is 0 Å². The van der Waals surface area contributed by atoms with Gasteiger partial charge >= 0.3 is 0 Å². The second-order valence-corrected chi connectivity index (χ2v) is 9.28. The number of para-hydroxylation sites is 1. The fourth-order valence-electron chi connectivity index (χ4n) is 3.05. The number of carbonyl (C=O) groups is 1. The van der Waals surface area contributed by atoms with Crippen molar-refractivity contribution in [2.75, 3.05) is 31.5 Å². The maximum atomic E-state index is 13.3. The second kappa shape index (κ2) is 10.2. The molecule has 0 aliphatic carbocycles. The second-order valence-electron chi connectivity index (χ2n) is 7.42. The molecule has 0 spiro atoms. The van der Waals surface area contributed by atoms with Gasteiger partial charge in [-0.25, -0.2) is 8.42 Å². The van der Waals surface area contributed by atoms with Crippen LogP contribution in [-0.4, -0.2) is 46.4 Å². The van der Waals surface area contributed by atoms with Crippen molar-refractivity contribution in [2.45, 2.75) is 11.4 Å². The third kappa shape index (κ3) is 5.93. The number of nitrogens with one attached hydrogen (secondary N) is 1. The molecule has 0 atom stereocenters. The smallest absolute Gasteiger partial charge is 0.264 e. The van der Waals surface area contributed by atoms with Crippen LogP contribution in [0, 0.1) is 0 Å². The average molecular weight is 438 g/mol. The SMILES string of the molecule is CN(C)CCNC(=O)c1ccc(CN(c2ccccc2)S(=O)(=O)c2ccccc2)cc1. The number of nitrogens with zero attached hydrogens (tertiary/aromatic N) is 2. The molecule has 3 aromatic carbocycles. The largest absolute Gasteiger partial charge is 0.351 e. The Morgan fingerprint density at radius 1 is 0.839 bits per heavy atom. The van der Waals surface area contributed by atoms with Gasteiger partial charge in [0.25, 0.3) is 15.9 Å². The fourth-order valence-corrected chi connectivity index (χ4v) is 4.53. The Kier molecular flexibility index (Phi) is 7.44. The standard InChI is InChI=1S/C24H27N3O3S/c1-26(2)18-17-25-24(28)21-15-13-20(14-16-21)19-27(22-9-5-3-6-10-22)31(29,30)23-11-7-4-8-12-23/h3-16H,17-19H2,1-2H3,(H,25,28). The molecule has 0 heterocycles. The number of carbonyl (C=O) groups excluding carboxylic acids is 1. The summed E-state index contributed by atoms with van der Waals surface area (Å²) in [6.45, 7) is 1.47. The number of hydrogen-bond acceptors (Lipinski definition) is 4. The van der Waals surface area contributed by atoms with Crippen LogP contribution in [0.3, 0.4) is 0 Å². The van der Waals surface area contributed by atoms with Gasteiger partial charge in [0.1, 0.15) is 0 Å². The minimum Gasteiger partial charge on any atom is -0.351 e. The highest BCUT2D eigenvalue weighted by atomic mass is 32.2. The predicted molar refractivity (Wildman–Crippen MR) is 124 cm³/mol. The highest BCUT2D eigenvalue weighted by Gasteiger charge is 2.25. The van der Waals surface area contributed by atoms with E-state index in [1.165, 1.54) is 4.31 Å². The highest BCUT2D eigenvalue weighted by molar-refractivity contribution is 7.92. The van der Waals surface area contributed by atoms with Crippen molar-refractivity contribution in [3.05, 3.63) is 96.1 Å². The van der Waals surface area contributed by atoms with E-state index in [4.69, 9.17) is 0 Å². The lowest BCUT2D eigenvalue weighted by Crippen LogP contribution is -2.31. The Morgan fingerprint density at radius 3 is 2.00 bits per heavy atom. The number of rotatable bonds is 9. The van der Waals surface area contributed by atoms with Crippen molar-refractivity contribution in [1.82, 2.24) is 10.2 Å². The van der Waals surface area contributed by atoms with Crippen LogP contribution in [0.2, 0.25) is 0 Å². The van der Waals surface area contributed by atoms with Crippen LogP contribution in [0.15, 0.2) is 89.8 Å². The molecule has 0 radical (unpaired) electrons. The van der Waals surface area contributed by atoms with Crippen molar-refractivity contribution in [2.24, 2.45) is 0 Å². The van der Waals surface area contributed by atoms with Crippen LogP contribution in [0.25, 0.3) is 0 Å². The van der Waals surface area contributed by atoms with E-state index in [-0.39, 0.29) is 17.3 Å². The first kappa shape index (κ1) is 22.5. The predicted octanol–water partition coefficient (Wildman–Crippen LogP) is 3.37. The van der Waals surface area contributed by atoms with E-state index in [0.717, 1.165) is 12.1 Å². The van der Waals surface area contributed by atoms with Crippen molar-refractivity contribution in [3.8, 4) is 0 Å². The topological polar surface area (TPSA) is 69.7 Å². The van der Waals surface area contributed by atoms with Crippen molar-refractivity contribution >= 4 is 21.6 Å². The molecule has 3 rings (SSSR count). The molecule has 6 nitrogen and oxygen atoms in total. The highest BCUT2D eigenvalue weighted by Crippen LogP contribution is 2.25. The molecule has 0 aliphatic heterocycles. The quantitative estimate of drug-likeness (QED) is 0.557. The number of benzene rings is 3. The summed E-state index contributed by atoms with van der Waals surface area (Å²) in [5.74, 6) is -0.148. The van der Waals surface area contributed by atoms with Gasteiger partial charge in [-0.2, -0.15) is 0 Å². The summed E-state index contributed by atoms with van der Waals surface area (Å²) >= 11 is 0. The minimum atomic E-state index is -3.75. The lowest BCUT2D eigenvalue weighted by Gasteiger charge is -2.25. The molecule has 0 saturated carbocycles. The van der Waals surface area contributed by atoms with Crippen molar-refractivity contribution in [1.29, 1.82) is 0 Å². The van der Waals surface area contributed by atoms with Crippen LogP contribution in [-0.2, 0) is 16.6 Å². The van der Waals surface area contributed by atoms with Crippen molar-refractivity contribution < 1.29 is 13.2 Å². The molecule has 0 bridgehead atoms. The zero-order chi connectivity index (χ0) is 22.3. The van der Waals surface area contributed by atoms with Gasteiger partial charge in [0.05, 0.1) is 17.1 Å². The molecule has 0 aromatic heterocycles. The lowest BCUT2D eigenvalue weighted by molar-refractivity contribution is 0.0951. The number of likely N-dealkylation sites (N-methyl/N-ethyl adjacent to an activating group) is 1. The lowest BCUT2D eigenvalue weighted by atomic mass is 10.1. The summed E-state index contributed by atoms with van der Waals surface area (Å²) in [5.41, 5.74) is 1.91. The summed E-state index contributed by atoms with van der Waals surface area (Å²) in [6, 6.07) is 24.4. The molecule has 7 heteroatoms. The monoisotopic (exact) mass is 437 g/mol. The molecule has 0 aliphatic rings. The molecule has 1 N–H and O–H groups in total. The summed E-state index contributed by atoms with van der Waals surface area (Å²) in [5, 5.41) is 2.88. The first-order chi connectivity index (χ1) is 14.9. The Bertz CT molecular complexity index is 1080. The van der Waals surface area contributed by atoms with Crippen LogP contribution < -0.4 is 9.62 Å². The zero-order valence-corrected chi connectivity index (χ0v) is 18.5. The van der Waals surface area contributed by atoms with E-state index in [1.807, 2.05) is 37.2 Å². The van der Waals surface area contributed by atoms with Gasteiger partial charge in [-0.1, -0.05) is 48.5 Å².